The second kappa shape index (κ2) is 14.0. The average molecular weight is 514 g/mol. The lowest BCUT2D eigenvalue weighted by Gasteiger charge is -2.36. The number of amides is 2. The predicted molar refractivity (Wildman–Crippen MR) is 138 cm³/mol. The number of piperazine rings is 1. The van der Waals surface area contributed by atoms with Gasteiger partial charge < -0.3 is 24.4 Å². The van der Waals surface area contributed by atoms with Crippen LogP contribution in [0.3, 0.4) is 0 Å². The van der Waals surface area contributed by atoms with Crippen molar-refractivity contribution in [1.29, 1.82) is 0 Å². The van der Waals surface area contributed by atoms with E-state index in [4.69, 9.17) is 26.4 Å². The van der Waals surface area contributed by atoms with E-state index >= 15 is 0 Å². The first-order valence-electron chi connectivity index (χ1n) is 11.9. The summed E-state index contributed by atoms with van der Waals surface area (Å²) in [6, 6.07) is 15.2. The van der Waals surface area contributed by atoms with E-state index in [1.165, 1.54) is 4.90 Å². The van der Waals surface area contributed by atoms with Crippen molar-refractivity contribution in [3.63, 3.8) is 0 Å². The molecule has 1 heterocycles. The lowest BCUT2D eigenvalue weighted by atomic mass is 10.1. The monoisotopic (exact) mass is 513 g/mol. The number of benzene rings is 2. The van der Waals surface area contributed by atoms with Gasteiger partial charge in [-0.25, -0.2) is 0 Å². The second-order valence-electron chi connectivity index (χ2n) is 8.04. The summed E-state index contributed by atoms with van der Waals surface area (Å²) in [5.41, 5.74) is 0.340. The molecule has 0 spiro atoms. The van der Waals surface area contributed by atoms with Gasteiger partial charge in [-0.2, -0.15) is 0 Å². The predicted octanol–water partition coefficient (Wildman–Crippen LogP) is 2.69. The van der Waals surface area contributed by atoms with Crippen LogP contribution in [0.15, 0.2) is 54.6 Å². The molecular formula is C26H31N3O6S. The van der Waals surface area contributed by atoms with Crippen molar-refractivity contribution in [2.75, 3.05) is 32.9 Å². The molecule has 2 amide bonds. The van der Waals surface area contributed by atoms with Crippen LogP contribution in [0.4, 0.5) is 0 Å². The number of ether oxygens (including phenoxy) is 3. The van der Waals surface area contributed by atoms with Crippen LogP contribution >= 0.6 is 12.2 Å². The smallest absolute Gasteiger partial charge is 0.308 e. The van der Waals surface area contributed by atoms with Gasteiger partial charge in [0.1, 0.15) is 30.8 Å². The molecule has 0 aliphatic carbocycles. The fourth-order valence-electron chi connectivity index (χ4n) is 3.55. The number of para-hydroxylation sites is 2. The fraction of sp³-hybridized carbons (Fsp3) is 0.385. The first-order valence-corrected chi connectivity index (χ1v) is 12.4. The Morgan fingerprint density at radius 1 is 1.06 bits per heavy atom. The number of hydrogen-bond donors (Lipinski definition) is 2. The van der Waals surface area contributed by atoms with Gasteiger partial charge in [-0.3, -0.25) is 19.7 Å². The summed E-state index contributed by atoms with van der Waals surface area (Å²) >= 11 is 5.44. The van der Waals surface area contributed by atoms with Crippen LogP contribution in [-0.2, 0) is 14.3 Å². The van der Waals surface area contributed by atoms with Crippen molar-refractivity contribution in [1.82, 2.24) is 15.5 Å². The van der Waals surface area contributed by atoms with Crippen LogP contribution in [-0.4, -0.2) is 66.7 Å². The van der Waals surface area contributed by atoms with Crippen LogP contribution < -0.4 is 20.1 Å². The summed E-state index contributed by atoms with van der Waals surface area (Å²) in [6.07, 6.45) is 1.62. The third kappa shape index (κ3) is 7.94. The van der Waals surface area contributed by atoms with Crippen molar-refractivity contribution in [3.8, 4) is 11.5 Å². The van der Waals surface area contributed by atoms with E-state index in [2.05, 4.69) is 17.6 Å². The Morgan fingerprint density at radius 2 is 1.81 bits per heavy atom. The third-order valence-electron chi connectivity index (χ3n) is 5.42. The summed E-state index contributed by atoms with van der Waals surface area (Å²) in [5.74, 6) is -0.246. The standard InChI is InChI=1S/C26H31N3O6S/c1-2-3-15-34-22-12-8-7-11-20(22)24(31)28-26(36)29-14-13-27-25(32)21(29)18-23(30)35-17-16-33-19-9-5-4-6-10-19/h4-12,21H,2-3,13-18H2,1H3,(H,27,32)(H,28,31,36). The topological polar surface area (TPSA) is 106 Å². The molecule has 1 aliphatic heterocycles. The molecule has 0 radical (unpaired) electrons. The van der Waals surface area contributed by atoms with Crippen LogP contribution in [0.1, 0.15) is 36.5 Å². The maximum atomic E-state index is 12.9. The highest BCUT2D eigenvalue weighted by atomic mass is 32.1. The minimum Gasteiger partial charge on any atom is -0.493 e. The van der Waals surface area contributed by atoms with Gasteiger partial charge in [0.05, 0.1) is 18.6 Å². The first kappa shape index (κ1) is 26.9. The van der Waals surface area contributed by atoms with Gasteiger partial charge in [-0.1, -0.05) is 43.7 Å². The molecule has 1 fully saturated rings. The molecule has 2 aromatic carbocycles. The van der Waals surface area contributed by atoms with E-state index in [0.29, 0.717) is 36.8 Å². The molecular weight excluding hydrogens is 482 g/mol. The molecule has 9 nitrogen and oxygen atoms in total. The highest BCUT2D eigenvalue weighted by Crippen LogP contribution is 2.19. The van der Waals surface area contributed by atoms with Crippen LogP contribution in [0.2, 0.25) is 0 Å². The Bertz CT molecular complexity index is 1050. The molecule has 2 aromatic rings. The van der Waals surface area contributed by atoms with Gasteiger partial charge >= 0.3 is 5.97 Å². The number of nitrogens with one attached hydrogen (secondary N) is 2. The molecule has 36 heavy (non-hydrogen) atoms. The Labute approximate surface area is 216 Å². The van der Waals surface area contributed by atoms with Crippen molar-refractivity contribution in [2.24, 2.45) is 0 Å². The van der Waals surface area contributed by atoms with Crippen molar-refractivity contribution < 1.29 is 28.6 Å². The van der Waals surface area contributed by atoms with Crippen molar-refractivity contribution >= 4 is 35.1 Å². The maximum absolute atomic E-state index is 12.9. The molecule has 192 valence electrons. The number of nitrogens with zero attached hydrogens (tertiary/aromatic N) is 1. The Balaban J connectivity index is 1.55. The number of unbranched alkanes of at least 4 members (excludes halogenated alkanes) is 1. The van der Waals surface area contributed by atoms with Gasteiger partial charge in [-0.05, 0) is 42.9 Å². The molecule has 3 rings (SSSR count). The van der Waals surface area contributed by atoms with Gasteiger partial charge in [0.25, 0.3) is 5.91 Å². The highest BCUT2D eigenvalue weighted by Gasteiger charge is 2.34. The number of rotatable bonds is 11. The van der Waals surface area contributed by atoms with E-state index < -0.39 is 17.9 Å². The van der Waals surface area contributed by atoms with E-state index in [9.17, 15) is 14.4 Å². The average Bonchev–Trinajstić information content (AvgIpc) is 2.89. The molecule has 10 heteroatoms. The molecule has 1 unspecified atom stereocenters. The Hall–Kier alpha value is -3.66. The Kier molecular flexibility index (Phi) is 10.5. The van der Waals surface area contributed by atoms with Crippen LogP contribution in [0, 0.1) is 0 Å². The fourth-order valence-corrected chi connectivity index (χ4v) is 3.86. The van der Waals surface area contributed by atoms with Gasteiger partial charge in [-0.15, -0.1) is 0 Å². The van der Waals surface area contributed by atoms with Crippen LogP contribution in [0.5, 0.6) is 11.5 Å². The van der Waals surface area contributed by atoms with E-state index in [1.807, 2.05) is 18.2 Å². The minimum atomic E-state index is -0.898. The first-order chi connectivity index (χ1) is 17.5. The van der Waals surface area contributed by atoms with E-state index in [1.54, 1.807) is 36.4 Å². The molecule has 1 saturated heterocycles. The largest absolute Gasteiger partial charge is 0.493 e. The molecule has 2 N–H and O–H groups in total. The number of thiocarbonyl (C=S) groups is 1. The number of carbonyl (C=O) groups is 3. The zero-order valence-corrected chi connectivity index (χ0v) is 21.1. The molecule has 0 bridgehead atoms. The summed E-state index contributed by atoms with van der Waals surface area (Å²) in [5, 5.41) is 5.46. The normalized spacial score (nSPS) is 15.0. The summed E-state index contributed by atoms with van der Waals surface area (Å²) in [7, 11) is 0. The van der Waals surface area contributed by atoms with Crippen molar-refractivity contribution in [2.45, 2.75) is 32.2 Å². The molecule has 1 atom stereocenters. The number of hydrogen-bond acceptors (Lipinski definition) is 7. The maximum Gasteiger partial charge on any atom is 0.308 e. The Morgan fingerprint density at radius 3 is 2.58 bits per heavy atom. The van der Waals surface area contributed by atoms with Gasteiger partial charge in [0, 0.05) is 13.1 Å². The SMILES string of the molecule is CCCCOc1ccccc1C(=O)NC(=S)N1CCNC(=O)C1CC(=O)OCCOc1ccccc1. The number of carbonyl (C=O) groups excluding carboxylic acids is 3. The summed E-state index contributed by atoms with van der Waals surface area (Å²) in [4.78, 5) is 39.4. The van der Waals surface area contributed by atoms with Gasteiger partial charge in [0.15, 0.2) is 5.11 Å². The highest BCUT2D eigenvalue weighted by molar-refractivity contribution is 7.80. The second-order valence-corrected chi connectivity index (χ2v) is 8.43. The van der Waals surface area contributed by atoms with E-state index in [0.717, 1.165) is 12.8 Å². The summed E-state index contributed by atoms with van der Waals surface area (Å²) in [6.45, 7) is 3.46. The van der Waals surface area contributed by atoms with Gasteiger partial charge in [0.2, 0.25) is 5.91 Å². The van der Waals surface area contributed by atoms with Crippen LogP contribution in [0.25, 0.3) is 0 Å². The summed E-state index contributed by atoms with van der Waals surface area (Å²) < 4.78 is 16.5. The number of esters is 1. The lowest BCUT2D eigenvalue weighted by molar-refractivity contribution is -0.148. The van der Waals surface area contributed by atoms with Crippen molar-refractivity contribution in [3.05, 3.63) is 60.2 Å². The molecule has 0 aromatic heterocycles. The third-order valence-corrected chi connectivity index (χ3v) is 5.75. The quantitative estimate of drug-likeness (QED) is 0.268. The molecule has 0 saturated carbocycles. The zero-order chi connectivity index (χ0) is 25.8. The molecule has 1 aliphatic rings. The lowest BCUT2D eigenvalue weighted by Crippen LogP contribution is -2.60. The minimum absolute atomic E-state index is 0.0397. The zero-order valence-electron chi connectivity index (χ0n) is 20.2. The van der Waals surface area contributed by atoms with E-state index in [-0.39, 0.29) is 30.7 Å².